The summed E-state index contributed by atoms with van der Waals surface area (Å²) < 4.78 is 0. The summed E-state index contributed by atoms with van der Waals surface area (Å²) >= 11 is 6.82. The highest BCUT2D eigenvalue weighted by molar-refractivity contribution is 7.12. The molecule has 0 aliphatic rings. The van der Waals surface area contributed by atoms with Crippen LogP contribution in [0.5, 0.6) is 0 Å². The maximum absolute atomic E-state index is 11.0. The maximum Gasteiger partial charge on any atom is 0.187 e. The molecule has 1 heterocycles. The second-order valence-corrected chi connectivity index (χ2v) is 3.17. The summed E-state index contributed by atoms with van der Waals surface area (Å²) in [5.74, 6) is 0.107. The SMILES string of the molecule is Cc1ccsc1C(=O)CCl. The Kier molecular flexibility index (Phi) is 2.46. The smallest absolute Gasteiger partial charge is 0.187 e. The first-order valence-corrected chi connectivity index (χ1v) is 4.30. The number of hydrogen-bond donors (Lipinski definition) is 0. The Morgan fingerprint density at radius 1 is 1.80 bits per heavy atom. The van der Waals surface area contributed by atoms with E-state index in [9.17, 15) is 4.79 Å². The van der Waals surface area contributed by atoms with Crippen molar-refractivity contribution in [2.75, 3.05) is 5.88 Å². The van der Waals surface area contributed by atoms with Crippen LogP contribution in [0.25, 0.3) is 0 Å². The van der Waals surface area contributed by atoms with Crippen molar-refractivity contribution in [2.45, 2.75) is 6.92 Å². The number of aryl methyl sites for hydroxylation is 1. The number of alkyl halides is 1. The molecule has 0 bridgehead atoms. The Morgan fingerprint density at radius 3 is 2.90 bits per heavy atom. The van der Waals surface area contributed by atoms with E-state index in [2.05, 4.69) is 0 Å². The summed E-state index contributed by atoms with van der Waals surface area (Å²) in [4.78, 5) is 11.8. The summed E-state index contributed by atoms with van der Waals surface area (Å²) in [6.45, 7) is 1.91. The summed E-state index contributed by atoms with van der Waals surface area (Å²) in [5.41, 5.74) is 1.02. The molecule has 0 N–H and O–H groups in total. The third kappa shape index (κ3) is 1.39. The minimum atomic E-state index is 0.0224. The molecular formula is C7H7ClOS. The lowest BCUT2D eigenvalue weighted by Gasteiger charge is -1.91. The highest BCUT2D eigenvalue weighted by Crippen LogP contribution is 2.16. The van der Waals surface area contributed by atoms with E-state index in [0.717, 1.165) is 10.4 Å². The topological polar surface area (TPSA) is 17.1 Å². The van der Waals surface area contributed by atoms with Gasteiger partial charge in [0.2, 0.25) is 0 Å². The number of carbonyl (C=O) groups is 1. The Bertz CT molecular complexity index is 242. The van der Waals surface area contributed by atoms with E-state index >= 15 is 0 Å². The van der Waals surface area contributed by atoms with Crippen molar-refractivity contribution in [2.24, 2.45) is 0 Å². The van der Waals surface area contributed by atoms with Crippen LogP contribution in [-0.2, 0) is 0 Å². The van der Waals surface area contributed by atoms with Crippen LogP contribution >= 0.6 is 22.9 Å². The molecule has 0 aliphatic carbocycles. The van der Waals surface area contributed by atoms with Crippen LogP contribution in [0.3, 0.4) is 0 Å². The molecule has 0 spiro atoms. The van der Waals surface area contributed by atoms with Crippen LogP contribution in [0.15, 0.2) is 11.4 Å². The Hall–Kier alpha value is -0.340. The van der Waals surface area contributed by atoms with Gasteiger partial charge >= 0.3 is 0 Å². The molecule has 0 unspecified atom stereocenters. The van der Waals surface area contributed by atoms with Crippen molar-refractivity contribution in [3.8, 4) is 0 Å². The van der Waals surface area contributed by atoms with Crippen molar-refractivity contribution in [3.63, 3.8) is 0 Å². The molecule has 0 radical (unpaired) electrons. The quantitative estimate of drug-likeness (QED) is 0.497. The van der Waals surface area contributed by atoms with Crippen LogP contribution < -0.4 is 0 Å². The second kappa shape index (κ2) is 3.17. The zero-order valence-corrected chi connectivity index (χ0v) is 7.13. The first-order valence-electron chi connectivity index (χ1n) is 2.89. The van der Waals surface area contributed by atoms with Crippen LogP contribution in [0.1, 0.15) is 15.2 Å². The van der Waals surface area contributed by atoms with Crippen LogP contribution in [0.4, 0.5) is 0 Å². The van der Waals surface area contributed by atoms with E-state index in [1.54, 1.807) is 0 Å². The normalized spacial score (nSPS) is 9.80. The fourth-order valence-electron chi connectivity index (χ4n) is 0.719. The van der Waals surface area contributed by atoms with Gasteiger partial charge in [-0.2, -0.15) is 0 Å². The summed E-state index contributed by atoms with van der Waals surface area (Å²) in [5, 5.41) is 1.90. The molecule has 0 atom stereocenters. The average molecular weight is 175 g/mol. The van der Waals surface area contributed by atoms with Crippen molar-refractivity contribution in [1.82, 2.24) is 0 Å². The minimum Gasteiger partial charge on any atom is -0.292 e. The van der Waals surface area contributed by atoms with Gasteiger partial charge in [0.15, 0.2) is 5.78 Å². The molecule has 10 heavy (non-hydrogen) atoms. The molecule has 1 nitrogen and oxygen atoms in total. The second-order valence-electron chi connectivity index (χ2n) is 1.99. The molecule has 0 fully saturated rings. The molecule has 1 aromatic heterocycles. The van der Waals surface area contributed by atoms with E-state index in [4.69, 9.17) is 11.6 Å². The van der Waals surface area contributed by atoms with Gasteiger partial charge in [-0.05, 0) is 23.9 Å². The molecule has 0 saturated heterocycles. The maximum atomic E-state index is 11.0. The molecular weight excluding hydrogens is 168 g/mol. The molecule has 0 aromatic carbocycles. The third-order valence-electron chi connectivity index (χ3n) is 1.24. The predicted molar refractivity (Wildman–Crippen MR) is 44.1 cm³/mol. The number of halogens is 1. The lowest BCUT2D eigenvalue weighted by molar-refractivity contribution is 0.102. The van der Waals surface area contributed by atoms with Gasteiger partial charge in [-0.1, -0.05) is 0 Å². The number of thiophene rings is 1. The van der Waals surface area contributed by atoms with E-state index in [-0.39, 0.29) is 11.7 Å². The third-order valence-corrected chi connectivity index (χ3v) is 2.54. The fraction of sp³-hybridized carbons (Fsp3) is 0.286. The van der Waals surface area contributed by atoms with Crippen molar-refractivity contribution in [1.29, 1.82) is 0 Å². The van der Waals surface area contributed by atoms with Gasteiger partial charge in [0.25, 0.3) is 0 Å². The number of carbonyl (C=O) groups excluding carboxylic acids is 1. The summed E-state index contributed by atoms with van der Waals surface area (Å²) in [6, 6.07) is 1.92. The molecule has 0 saturated carbocycles. The van der Waals surface area contributed by atoms with Crippen LogP contribution in [0, 0.1) is 6.92 Å². The average Bonchev–Trinajstić information content (AvgIpc) is 2.34. The largest absolute Gasteiger partial charge is 0.292 e. The Balaban J connectivity index is 2.93. The van der Waals surface area contributed by atoms with Gasteiger partial charge in [0, 0.05) is 0 Å². The van der Waals surface area contributed by atoms with Crippen LogP contribution in [0.2, 0.25) is 0 Å². The summed E-state index contributed by atoms with van der Waals surface area (Å²) in [7, 11) is 0. The molecule has 1 rings (SSSR count). The fourth-order valence-corrected chi connectivity index (χ4v) is 1.80. The molecule has 0 amide bonds. The lowest BCUT2D eigenvalue weighted by Crippen LogP contribution is -1.98. The van der Waals surface area contributed by atoms with E-state index in [1.165, 1.54) is 11.3 Å². The molecule has 3 heteroatoms. The molecule has 1 aromatic rings. The van der Waals surface area contributed by atoms with Gasteiger partial charge in [0.05, 0.1) is 10.8 Å². The number of rotatable bonds is 2. The summed E-state index contributed by atoms with van der Waals surface area (Å²) in [6.07, 6.45) is 0. The minimum absolute atomic E-state index is 0.0224. The number of Topliss-reactive ketones (excluding diaryl/α,β-unsaturated/α-hetero) is 1. The van der Waals surface area contributed by atoms with Crippen LogP contribution in [-0.4, -0.2) is 11.7 Å². The van der Waals surface area contributed by atoms with Crippen molar-refractivity contribution in [3.05, 3.63) is 21.9 Å². The number of hydrogen-bond acceptors (Lipinski definition) is 2. The van der Waals surface area contributed by atoms with Crippen molar-refractivity contribution < 1.29 is 4.79 Å². The molecule has 0 aliphatic heterocycles. The lowest BCUT2D eigenvalue weighted by atomic mass is 10.2. The van der Waals surface area contributed by atoms with Gasteiger partial charge in [0.1, 0.15) is 0 Å². The van der Waals surface area contributed by atoms with Gasteiger partial charge in [-0.25, -0.2) is 0 Å². The van der Waals surface area contributed by atoms with E-state index in [1.807, 2.05) is 18.4 Å². The van der Waals surface area contributed by atoms with Gasteiger partial charge < -0.3 is 0 Å². The Morgan fingerprint density at radius 2 is 2.50 bits per heavy atom. The predicted octanol–water partition coefficient (Wildman–Crippen LogP) is 2.48. The molecule has 54 valence electrons. The zero-order chi connectivity index (χ0) is 7.56. The number of ketones is 1. The highest BCUT2D eigenvalue weighted by atomic mass is 35.5. The first-order chi connectivity index (χ1) is 4.75. The monoisotopic (exact) mass is 174 g/mol. The first kappa shape index (κ1) is 7.76. The van der Waals surface area contributed by atoms with Gasteiger partial charge in [-0.3, -0.25) is 4.79 Å². The standard InChI is InChI=1S/C7H7ClOS/c1-5-2-3-10-7(5)6(9)4-8/h2-3H,4H2,1H3. The van der Waals surface area contributed by atoms with E-state index < -0.39 is 0 Å². The van der Waals surface area contributed by atoms with E-state index in [0.29, 0.717) is 0 Å². The van der Waals surface area contributed by atoms with Crippen molar-refractivity contribution >= 4 is 28.7 Å². The van der Waals surface area contributed by atoms with Gasteiger partial charge in [-0.15, -0.1) is 22.9 Å². The zero-order valence-electron chi connectivity index (χ0n) is 5.56. The Labute approximate surface area is 68.6 Å². The highest BCUT2D eigenvalue weighted by Gasteiger charge is 2.07.